The Morgan fingerprint density at radius 1 is 0.523 bits per heavy atom. The molecule has 0 atom stereocenters. The van der Waals surface area contributed by atoms with Gasteiger partial charge in [-0.3, -0.25) is 0 Å². The first-order valence-electron chi connectivity index (χ1n) is 16.9. The maximum absolute atomic E-state index is 6.53. The lowest BCUT2D eigenvalue weighted by atomic mass is 9.77. The summed E-state index contributed by atoms with van der Waals surface area (Å²) in [6.07, 6.45) is 11.1. The summed E-state index contributed by atoms with van der Waals surface area (Å²) in [5.74, 6) is 1.74. The molecule has 2 fully saturated rings. The highest BCUT2D eigenvalue weighted by Gasteiger charge is 2.26. The van der Waals surface area contributed by atoms with Crippen molar-refractivity contribution in [1.82, 2.24) is 0 Å². The largest absolute Gasteiger partial charge is 0.493 e. The van der Waals surface area contributed by atoms with E-state index >= 15 is 0 Å². The molecular formula is C36H48B2O6. The van der Waals surface area contributed by atoms with Gasteiger partial charge in [-0.15, -0.1) is 0 Å². The van der Waals surface area contributed by atoms with E-state index in [4.69, 9.17) is 28.1 Å². The second-order valence-corrected chi connectivity index (χ2v) is 11.8. The monoisotopic (exact) mass is 598 g/mol. The van der Waals surface area contributed by atoms with Crippen LogP contribution in [0.5, 0.6) is 11.5 Å². The molecule has 2 heterocycles. The number of ether oxygens (including phenoxy) is 2. The standard InChI is InChI=1S/C36H48B2O6/c1-3-5-7-9-21-39-35-27-34(30-15-19-32(20-16-30)38-43-25-12-26-44-38)36(40-22-10-8-6-4-2)28-33(35)29-13-17-31(18-14-29)37-41-23-11-24-42-37/h13-20,27-28H,3-12,21-26H2,1-2H3. The van der Waals surface area contributed by atoms with E-state index in [1.54, 1.807) is 0 Å². The fourth-order valence-corrected chi connectivity index (χ4v) is 5.67. The van der Waals surface area contributed by atoms with Gasteiger partial charge < -0.3 is 28.1 Å². The molecule has 0 bridgehead atoms. The predicted molar refractivity (Wildman–Crippen MR) is 180 cm³/mol. The van der Waals surface area contributed by atoms with Crippen molar-refractivity contribution in [2.75, 3.05) is 39.6 Å². The predicted octanol–water partition coefficient (Wildman–Crippen LogP) is 7.20. The van der Waals surface area contributed by atoms with Crippen molar-refractivity contribution < 1.29 is 28.1 Å². The van der Waals surface area contributed by atoms with Crippen LogP contribution in [0.4, 0.5) is 0 Å². The van der Waals surface area contributed by atoms with Gasteiger partial charge in [0.25, 0.3) is 0 Å². The Kier molecular flexibility index (Phi) is 13.1. The van der Waals surface area contributed by atoms with Gasteiger partial charge in [0.15, 0.2) is 0 Å². The van der Waals surface area contributed by atoms with Gasteiger partial charge in [-0.05, 0) is 59.9 Å². The molecule has 2 saturated heterocycles. The van der Waals surface area contributed by atoms with Crippen LogP contribution in [0.15, 0.2) is 60.7 Å². The van der Waals surface area contributed by atoms with Crippen LogP contribution in [0, 0.1) is 0 Å². The van der Waals surface area contributed by atoms with Crippen LogP contribution < -0.4 is 20.4 Å². The highest BCUT2D eigenvalue weighted by Crippen LogP contribution is 2.41. The van der Waals surface area contributed by atoms with Crippen LogP contribution in [-0.4, -0.2) is 53.9 Å². The number of unbranched alkanes of at least 4 members (excludes halogenated alkanes) is 6. The molecule has 0 saturated carbocycles. The Morgan fingerprint density at radius 2 is 0.909 bits per heavy atom. The van der Waals surface area contributed by atoms with Gasteiger partial charge in [0.1, 0.15) is 11.5 Å². The molecule has 2 aliphatic heterocycles. The van der Waals surface area contributed by atoms with E-state index in [9.17, 15) is 0 Å². The summed E-state index contributed by atoms with van der Waals surface area (Å²) in [7, 11) is -0.604. The molecule has 2 aliphatic rings. The number of rotatable bonds is 16. The SMILES string of the molecule is CCCCCCOc1cc(-c2ccc(B3OCCCO3)cc2)c(OCCCCCC)cc1-c1ccc(B2OCCCO2)cc1. The smallest absolute Gasteiger partial charge is 0.493 e. The second kappa shape index (κ2) is 17.6. The first-order valence-corrected chi connectivity index (χ1v) is 16.9. The molecule has 5 rings (SSSR count). The lowest BCUT2D eigenvalue weighted by Crippen LogP contribution is -2.40. The van der Waals surface area contributed by atoms with Gasteiger partial charge in [0.05, 0.1) is 13.2 Å². The molecule has 0 N–H and O–H groups in total. The molecular weight excluding hydrogens is 550 g/mol. The van der Waals surface area contributed by atoms with Crippen molar-refractivity contribution in [2.24, 2.45) is 0 Å². The molecule has 234 valence electrons. The maximum atomic E-state index is 6.53. The third-order valence-electron chi connectivity index (χ3n) is 8.23. The van der Waals surface area contributed by atoms with E-state index in [1.165, 1.54) is 38.5 Å². The molecule has 0 amide bonds. The van der Waals surface area contributed by atoms with E-state index in [-0.39, 0.29) is 14.2 Å². The van der Waals surface area contributed by atoms with Crippen LogP contribution in [0.2, 0.25) is 0 Å². The summed E-state index contributed by atoms with van der Waals surface area (Å²) < 4.78 is 36.4. The van der Waals surface area contributed by atoms with Crippen LogP contribution in [-0.2, 0) is 18.6 Å². The molecule has 3 aromatic rings. The van der Waals surface area contributed by atoms with Crippen molar-refractivity contribution in [3.8, 4) is 33.8 Å². The fraction of sp³-hybridized carbons (Fsp3) is 0.500. The molecule has 8 heteroatoms. The molecule has 3 aromatic carbocycles. The van der Waals surface area contributed by atoms with E-state index in [2.05, 4.69) is 74.5 Å². The van der Waals surface area contributed by atoms with Crippen LogP contribution in [0.25, 0.3) is 22.3 Å². The number of hydrogen-bond acceptors (Lipinski definition) is 6. The number of hydrogen-bond donors (Lipinski definition) is 0. The Hall–Kier alpha value is -2.77. The zero-order valence-corrected chi connectivity index (χ0v) is 26.7. The zero-order chi connectivity index (χ0) is 30.4. The van der Waals surface area contributed by atoms with Crippen molar-refractivity contribution in [1.29, 1.82) is 0 Å². The third-order valence-corrected chi connectivity index (χ3v) is 8.23. The van der Waals surface area contributed by atoms with Crippen LogP contribution in [0.1, 0.15) is 78.1 Å². The summed E-state index contributed by atoms with van der Waals surface area (Å²) in [5.41, 5.74) is 6.29. The number of benzene rings is 3. The normalized spacial score (nSPS) is 15.4. The van der Waals surface area contributed by atoms with Crippen LogP contribution in [0.3, 0.4) is 0 Å². The molecule has 0 aromatic heterocycles. The van der Waals surface area contributed by atoms with Gasteiger partial charge >= 0.3 is 14.2 Å². The Morgan fingerprint density at radius 3 is 1.27 bits per heavy atom. The lowest BCUT2D eigenvalue weighted by molar-refractivity contribution is 0.143. The summed E-state index contributed by atoms with van der Waals surface area (Å²) in [6.45, 7) is 8.74. The quantitative estimate of drug-likeness (QED) is 0.128. The minimum atomic E-state index is -0.302. The average molecular weight is 598 g/mol. The van der Waals surface area contributed by atoms with Crippen molar-refractivity contribution >= 4 is 25.2 Å². The minimum Gasteiger partial charge on any atom is -0.493 e. The molecule has 0 unspecified atom stereocenters. The molecule has 0 aliphatic carbocycles. The van der Waals surface area contributed by atoms with Gasteiger partial charge in [-0.2, -0.15) is 0 Å². The van der Waals surface area contributed by atoms with Gasteiger partial charge in [-0.1, -0.05) is 101 Å². The first-order chi connectivity index (χ1) is 21.8. The lowest BCUT2D eigenvalue weighted by Gasteiger charge is -2.21. The highest BCUT2D eigenvalue weighted by atomic mass is 16.6. The van der Waals surface area contributed by atoms with E-state index in [1.807, 2.05) is 0 Å². The minimum absolute atomic E-state index is 0.302. The van der Waals surface area contributed by atoms with Crippen molar-refractivity contribution in [3.63, 3.8) is 0 Å². The Bertz CT molecular complexity index is 1160. The van der Waals surface area contributed by atoms with E-state index in [0.29, 0.717) is 13.2 Å². The van der Waals surface area contributed by atoms with E-state index in [0.717, 1.165) is 96.8 Å². The fourth-order valence-electron chi connectivity index (χ4n) is 5.67. The van der Waals surface area contributed by atoms with Gasteiger partial charge in [-0.25, -0.2) is 0 Å². The molecule has 0 spiro atoms. The van der Waals surface area contributed by atoms with E-state index < -0.39 is 0 Å². The summed E-state index contributed by atoms with van der Waals surface area (Å²) >= 11 is 0. The maximum Gasteiger partial charge on any atom is 0.493 e. The van der Waals surface area contributed by atoms with Gasteiger partial charge in [0.2, 0.25) is 0 Å². The van der Waals surface area contributed by atoms with Crippen molar-refractivity contribution in [2.45, 2.75) is 78.1 Å². The Balaban J connectivity index is 1.46. The van der Waals surface area contributed by atoms with Gasteiger partial charge in [0, 0.05) is 37.6 Å². The highest BCUT2D eigenvalue weighted by molar-refractivity contribution is 6.61. The zero-order valence-electron chi connectivity index (χ0n) is 26.7. The van der Waals surface area contributed by atoms with Crippen molar-refractivity contribution in [3.05, 3.63) is 60.7 Å². The molecule has 44 heavy (non-hydrogen) atoms. The third kappa shape index (κ3) is 9.13. The van der Waals surface area contributed by atoms with Crippen LogP contribution >= 0.6 is 0 Å². The molecule has 6 nitrogen and oxygen atoms in total. The summed E-state index contributed by atoms with van der Waals surface area (Å²) in [4.78, 5) is 0. The average Bonchev–Trinajstić information content (AvgIpc) is 3.09. The topological polar surface area (TPSA) is 55.4 Å². The first kappa shape index (κ1) is 32.6. The summed E-state index contributed by atoms with van der Waals surface area (Å²) in [6, 6.07) is 21.3. The summed E-state index contributed by atoms with van der Waals surface area (Å²) in [5, 5.41) is 0. The molecule has 0 radical (unpaired) electrons. The Labute approximate surface area is 265 Å². The second-order valence-electron chi connectivity index (χ2n) is 11.8.